The first kappa shape index (κ1) is 17.2. The third-order valence-electron chi connectivity index (χ3n) is 4.45. The summed E-state index contributed by atoms with van der Waals surface area (Å²) in [5.41, 5.74) is 1.37. The molecule has 0 aliphatic heterocycles. The summed E-state index contributed by atoms with van der Waals surface area (Å²) >= 11 is 0. The molecule has 0 atom stereocenters. The topological polar surface area (TPSA) is 76.1 Å². The molecule has 1 fully saturated rings. The number of esters is 1. The number of benzene rings is 1. The number of hydrogen-bond acceptors (Lipinski definition) is 6. The first-order valence-corrected chi connectivity index (χ1v) is 8.78. The second-order valence-electron chi connectivity index (χ2n) is 6.32. The molecular formula is C19H24N4O2. The van der Waals surface area contributed by atoms with Gasteiger partial charge in [0.15, 0.2) is 0 Å². The van der Waals surface area contributed by atoms with Crippen molar-refractivity contribution in [3.8, 4) is 0 Å². The molecular weight excluding hydrogens is 316 g/mol. The van der Waals surface area contributed by atoms with Crippen molar-refractivity contribution < 1.29 is 9.53 Å². The molecule has 2 N–H and O–H groups in total. The number of methoxy groups -OCH3 is 1. The van der Waals surface area contributed by atoms with E-state index >= 15 is 0 Å². The highest BCUT2D eigenvalue weighted by atomic mass is 16.5. The van der Waals surface area contributed by atoms with Crippen molar-refractivity contribution in [2.45, 2.75) is 44.6 Å². The van der Waals surface area contributed by atoms with Crippen molar-refractivity contribution in [3.05, 3.63) is 42.2 Å². The summed E-state index contributed by atoms with van der Waals surface area (Å²) in [5.74, 6) is 1.22. The van der Waals surface area contributed by atoms with Gasteiger partial charge < -0.3 is 15.4 Å². The predicted octanol–water partition coefficient (Wildman–Crippen LogP) is 4.14. The zero-order chi connectivity index (χ0) is 17.5. The molecule has 0 unspecified atom stereocenters. The Morgan fingerprint density at radius 1 is 1.04 bits per heavy atom. The van der Waals surface area contributed by atoms with Crippen LogP contribution in [0.4, 0.5) is 17.3 Å². The number of aromatic nitrogens is 2. The van der Waals surface area contributed by atoms with Crippen molar-refractivity contribution in [3.63, 3.8) is 0 Å². The Hall–Kier alpha value is -2.63. The van der Waals surface area contributed by atoms with Gasteiger partial charge in [0.1, 0.15) is 18.0 Å². The monoisotopic (exact) mass is 340 g/mol. The van der Waals surface area contributed by atoms with Crippen LogP contribution in [0.25, 0.3) is 0 Å². The van der Waals surface area contributed by atoms with E-state index in [4.69, 9.17) is 4.74 Å². The second kappa shape index (κ2) is 8.46. The van der Waals surface area contributed by atoms with E-state index < -0.39 is 0 Å². The van der Waals surface area contributed by atoms with Crippen LogP contribution in [0, 0.1) is 0 Å². The van der Waals surface area contributed by atoms with Gasteiger partial charge >= 0.3 is 5.97 Å². The highest BCUT2D eigenvalue weighted by molar-refractivity contribution is 5.89. The van der Waals surface area contributed by atoms with Crippen LogP contribution in [-0.2, 0) is 4.74 Å². The van der Waals surface area contributed by atoms with Crippen molar-refractivity contribution in [1.82, 2.24) is 9.97 Å². The summed E-state index contributed by atoms with van der Waals surface area (Å²) in [4.78, 5) is 20.1. The van der Waals surface area contributed by atoms with E-state index in [1.54, 1.807) is 18.5 Å². The van der Waals surface area contributed by atoms with Crippen LogP contribution in [0.5, 0.6) is 0 Å². The quantitative estimate of drug-likeness (QED) is 0.629. The Kier molecular flexibility index (Phi) is 5.82. The molecule has 2 aromatic rings. The second-order valence-corrected chi connectivity index (χ2v) is 6.32. The Labute approximate surface area is 148 Å². The Morgan fingerprint density at radius 3 is 2.40 bits per heavy atom. The lowest BCUT2D eigenvalue weighted by molar-refractivity contribution is 0.0601. The van der Waals surface area contributed by atoms with Gasteiger partial charge in [-0.1, -0.05) is 25.7 Å². The van der Waals surface area contributed by atoms with Gasteiger partial charge in [0, 0.05) is 17.8 Å². The van der Waals surface area contributed by atoms with Gasteiger partial charge in [-0.05, 0) is 37.1 Å². The van der Waals surface area contributed by atoms with E-state index in [0.29, 0.717) is 11.6 Å². The van der Waals surface area contributed by atoms with Gasteiger partial charge in [-0.15, -0.1) is 0 Å². The summed E-state index contributed by atoms with van der Waals surface area (Å²) in [6.07, 6.45) is 9.17. The molecule has 3 rings (SSSR count). The molecule has 1 aliphatic carbocycles. The van der Waals surface area contributed by atoms with E-state index in [1.807, 2.05) is 18.2 Å². The zero-order valence-electron chi connectivity index (χ0n) is 14.5. The molecule has 0 bridgehead atoms. The van der Waals surface area contributed by atoms with Crippen LogP contribution in [0.3, 0.4) is 0 Å². The number of hydrogen-bond donors (Lipinski definition) is 2. The molecule has 1 heterocycles. The number of carbonyl (C=O) groups excluding carboxylic acids is 1. The lowest BCUT2D eigenvalue weighted by Gasteiger charge is -2.17. The molecule has 1 aliphatic rings. The Morgan fingerprint density at radius 2 is 1.72 bits per heavy atom. The van der Waals surface area contributed by atoms with Gasteiger partial charge in [0.25, 0.3) is 0 Å². The Balaban J connectivity index is 1.63. The van der Waals surface area contributed by atoms with E-state index in [1.165, 1.54) is 45.6 Å². The number of rotatable bonds is 5. The van der Waals surface area contributed by atoms with Crippen LogP contribution in [0.1, 0.15) is 48.9 Å². The minimum absolute atomic E-state index is 0.344. The van der Waals surface area contributed by atoms with Crippen LogP contribution < -0.4 is 10.6 Å². The fraction of sp³-hybridized carbons (Fsp3) is 0.421. The van der Waals surface area contributed by atoms with Gasteiger partial charge in [-0.3, -0.25) is 0 Å². The van der Waals surface area contributed by atoms with Crippen molar-refractivity contribution in [1.29, 1.82) is 0 Å². The highest BCUT2D eigenvalue weighted by Gasteiger charge is 2.12. The molecule has 132 valence electrons. The van der Waals surface area contributed by atoms with E-state index in [0.717, 1.165) is 17.3 Å². The van der Waals surface area contributed by atoms with Gasteiger partial charge in [-0.25, -0.2) is 14.8 Å². The molecule has 1 aromatic heterocycles. The number of ether oxygens (including phenoxy) is 1. The normalized spacial score (nSPS) is 15.2. The van der Waals surface area contributed by atoms with Crippen molar-refractivity contribution in [2.75, 3.05) is 17.7 Å². The maximum atomic E-state index is 11.5. The Bertz CT molecular complexity index is 695. The maximum absolute atomic E-state index is 11.5. The summed E-state index contributed by atoms with van der Waals surface area (Å²) < 4.78 is 4.70. The fourth-order valence-electron chi connectivity index (χ4n) is 3.09. The number of anilines is 3. The van der Waals surface area contributed by atoms with Crippen LogP contribution in [0.15, 0.2) is 36.7 Å². The third-order valence-corrected chi connectivity index (χ3v) is 4.45. The zero-order valence-corrected chi connectivity index (χ0v) is 14.5. The van der Waals surface area contributed by atoms with Crippen LogP contribution in [0.2, 0.25) is 0 Å². The lowest BCUT2D eigenvalue weighted by Crippen LogP contribution is -2.19. The first-order chi connectivity index (χ1) is 12.2. The third kappa shape index (κ3) is 4.92. The molecule has 0 radical (unpaired) electrons. The van der Waals surface area contributed by atoms with E-state index in [-0.39, 0.29) is 5.97 Å². The highest BCUT2D eigenvalue weighted by Crippen LogP contribution is 2.22. The predicted molar refractivity (Wildman–Crippen MR) is 98.2 cm³/mol. The van der Waals surface area contributed by atoms with Crippen molar-refractivity contribution >= 4 is 23.3 Å². The average Bonchev–Trinajstić information content (AvgIpc) is 2.91. The van der Waals surface area contributed by atoms with Crippen LogP contribution in [-0.4, -0.2) is 29.1 Å². The van der Waals surface area contributed by atoms with Crippen molar-refractivity contribution in [2.24, 2.45) is 0 Å². The number of nitrogens with zero attached hydrogens (tertiary/aromatic N) is 2. The van der Waals surface area contributed by atoms with E-state index in [9.17, 15) is 4.79 Å². The summed E-state index contributed by atoms with van der Waals surface area (Å²) in [7, 11) is 1.37. The van der Waals surface area contributed by atoms with Gasteiger partial charge in [0.05, 0.1) is 12.7 Å². The standard InChI is InChI=1S/C19H24N4O2/c1-25-19(24)14-8-10-16(11-9-14)23-18-12-17(20-13-21-18)22-15-6-4-2-3-5-7-15/h8-13,15H,2-7H2,1H3,(H2,20,21,22,23). The number of carbonyl (C=O) groups is 1. The molecule has 25 heavy (non-hydrogen) atoms. The average molecular weight is 340 g/mol. The molecule has 6 nitrogen and oxygen atoms in total. The fourth-order valence-corrected chi connectivity index (χ4v) is 3.09. The summed E-state index contributed by atoms with van der Waals surface area (Å²) in [6.45, 7) is 0. The molecule has 6 heteroatoms. The SMILES string of the molecule is COC(=O)c1ccc(Nc2cc(NC3CCCCCC3)ncn2)cc1. The molecule has 1 aromatic carbocycles. The molecule has 0 saturated heterocycles. The minimum atomic E-state index is -0.344. The largest absolute Gasteiger partial charge is 0.465 e. The van der Waals surface area contributed by atoms with E-state index in [2.05, 4.69) is 20.6 Å². The molecule has 0 spiro atoms. The lowest BCUT2D eigenvalue weighted by atomic mass is 10.1. The number of nitrogens with one attached hydrogen (secondary N) is 2. The summed E-state index contributed by atoms with van der Waals surface area (Å²) in [5, 5.41) is 6.76. The smallest absolute Gasteiger partial charge is 0.337 e. The van der Waals surface area contributed by atoms with Crippen LogP contribution >= 0.6 is 0 Å². The maximum Gasteiger partial charge on any atom is 0.337 e. The van der Waals surface area contributed by atoms with Gasteiger partial charge in [-0.2, -0.15) is 0 Å². The summed E-state index contributed by atoms with van der Waals surface area (Å²) in [6, 6.07) is 9.50. The molecule has 0 amide bonds. The molecule has 1 saturated carbocycles. The minimum Gasteiger partial charge on any atom is -0.465 e. The first-order valence-electron chi connectivity index (χ1n) is 8.78. The van der Waals surface area contributed by atoms with Gasteiger partial charge in [0.2, 0.25) is 0 Å².